The predicted molar refractivity (Wildman–Crippen MR) is 113 cm³/mol. The number of nitrogens with zero attached hydrogens (tertiary/aromatic N) is 1. The van der Waals surface area contributed by atoms with Gasteiger partial charge >= 0.3 is 0 Å². The first-order valence-electron chi connectivity index (χ1n) is 10.5. The molecular formula is C24H28N2O3. The van der Waals surface area contributed by atoms with E-state index in [1.165, 1.54) is 12.0 Å². The molecule has 0 unspecified atom stereocenters. The molecule has 1 N–H and O–H groups in total. The molecule has 0 spiro atoms. The van der Waals surface area contributed by atoms with E-state index in [9.17, 15) is 9.59 Å². The number of hydrogen-bond acceptors (Lipinski definition) is 3. The fourth-order valence-corrected chi connectivity index (χ4v) is 4.17. The Balaban J connectivity index is 1.20. The number of likely N-dealkylation sites (tertiary alicyclic amines) is 1. The number of hydrogen-bond donors (Lipinski definition) is 1. The number of piperidine rings is 1. The van der Waals surface area contributed by atoms with Crippen molar-refractivity contribution >= 4 is 17.5 Å². The lowest BCUT2D eigenvalue weighted by atomic mass is 9.90. The highest BCUT2D eigenvalue weighted by molar-refractivity contribution is 5.94. The number of rotatable bonds is 6. The van der Waals surface area contributed by atoms with Crippen LogP contribution in [-0.2, 0) is 22.4 Å². The number of amides is 2. The molecule has 152 valence electrons. The molecular weight excluding hydrogens is 364 g/mol. The van der Waals surface area contributed by atoms with Gasteiger partial charge in [0.2, 0.25) is 5.91 Å². The Morgan fingerprint density at radius 3 is 2.66 bits per heavy atom. The number of nitrogens with one attached hydrogen (secondary N) is 1. The molecule has 0 aliphatic carbocycles. The highest BCUT2D eigenvalue weighted by Crippen LogP contribution is 2.27. The fourth-order valence-electron chi connectivity index (χ4n) is 4.17. The van der Waals surface area contributed by atoms with Crippen LogP contribution in [0.15, 0.2) is 48.5 Å². The smallest absolute Gasteiger partial charge is 0.260 e. The van der Waals surface area contributed by atoms with Gasteiger partial charge in [-0.3, -0.25) is 9.59 Å². The van der Waals surface area contributed by atoms with E-state index in [1.54, 1.807) is 0 Å². The van der Waals surface area contributed by atoms with Gasteiger partial charge in [-0.1, -0.05) is 30.3 Å². The standard InChI is InChI=1S/C24H28N2O3/c27-23-11-8-20-16-21(9-10-22(20)25-23)29-17-24(28)26-14-12-19(13-15-26)7-6-18-4-2-1-3-5-18/h1-5,9-10,16,19H,6-8,11-15,17H2,(H,25,27). The molecule has 2 aromatic carbocycles. The molecule has 5 heteroatoms. The summed E-state index contributed by atoms with van der Waals surface area (Å²) in [6, 6.07) is 16.2. The average molecular weight is 392 g/mol. The van der Waals surface area contributed by atoms with Crippen molar-refractivity contribution in [3.8, 4) is 5.75 Å². The second kappa shape index (κ2) is 9.12. The van der Waals surface area contributed by atoms with Crippen LogP contribution in [0.25, 0.3) is 0 Å². The van der Waals surface area contributed by atoms with E-state index in [0.29, 0.717) is 24.5 Å². The van der Waals surface area contributed by atoms with E-state index < -0.39 is 0 Å². The minimum absolute atomic E-state index is 0.0496. The van der Waals surface area contributed by atoms with E-state index >= 15 is 0 Å². The molecule has 2 heterocycles. The summed E-state index contributed by atoms with van der Waals surface area (Å²) in [6.07, 6.45) is 5.64. The lowest BCUT2D eigenvalue weighted by Crippen LogP contribution is -2.41. The SMILES string of the molecule is O=C1CCc2cc(OCC(=O)N3CCC(CCc4ccccc4)CC3)ccc2N1. The minimum atomic E-state index is 0.0496. The van der Waals surface area contributed by atoms with Gasteiger partial charge < -0.3 is 15.0 Å². The zero-order valence-electron chi connectivity index (χ0n) is 16.7. The first-order chi connectivity index (χ1) is 14.2. The van der Waals surface area contributed by atoms with Crippen LogP contribution in [0.4, 0.5) is 5.69 Å². The highest BCUT2D eigenvalue weighted by Gasteiger charge is 2.23. The second-order valence-corrected chi connectivity index (χ2v) is 8.00. The Labute approximate surface area is 172 Å². The van der Waals surface area contributed by atoms with Gasteiger partial charge in [-0.25, -0.2) is 0 Å². The molecule has 2 aliphatic rings. The summed E-state index contributed by atoms with van der Waals surface area (Å²) in [5.41, 5.74) is 3.30. The van der Waals surface area contributed by atoms with Gasteiger partial charge in [0.25, 0.3) is 5.91 Å². The van der Waals surface area contributed by atoms with Gasteiger partial charge in [0.05, 0.1) is 0 Å². The van der Waals surface area contributed by atoms with Crippen LogP contribution in [-0.4, -0.2) is 36.4 Å². The van der Waals surface area contributed by atoms with E-state index in [1.807, 2.05) is 23.1 Å². The van der Waals surface area contributed by atoms with Gasteiger partial charge in [-0.2, -0.15) is 0 Å². The Morgan fingerprint density at radius 2 is 1.86 bits per heavy atom. The third-order valence-electron chi connectivity index (χ3n) is 5.99. The van der Waals surface area contributed by atoms with Gasteiger partial charge in [-0.15, -0.1) is 0 Å². The van der Waals surface area contributed by atoms with Gasteiger partial charge in [0, 0.05) is 25.2 Å². The summed E-state index contributed by atoms with van der Waals surface area (Å²) in [6.45, 7) is 1.70. The van der Waals surface area contributed by atoms with Crippen LogP contribution < -0.4 is 10.1 Å². The van der Waals surface area contributed by atoms with Gasteiger partial charge in [-0.05, 0) is 67.3 Å². The molecule has 0 radical (unpaired) electrons. The van der Waals surface area contributed by atoms with E-state index in [-0.39, 0.29) is 18.4 Å². The normalized spacial score (nSPS) is 16.8. The Bertz CT molecular complexity index is 858. The molecule has 0 atom stereocenters. The third kappa shape index (κ3) is 5.17. The minimum Gasteiger partial charge on any atom is -0.484 e. The quantitative estimate of drug-likeness (QED) is 0.813. The Morgan fingerprint density at radius 1 is 1.07 bits per heavy atom. The number of ether oxygens (including phenoxy) is 1. The molecule has 5 nitrogen and oxygen atoms in total. The van der Waals surface area contributed by atoms with Crippen molar-refractivity contribution < 1.29 is 14.3 Å². The van der Waals surface area contributed by atoms with Crippen LogP contribution in [0.3, 0.4) is 0 Å². The molecule has 0 bridgehead atoms. The maximum absolute atomic E-state index is 12.5. The highest BCUT2D eigenvalue weighted by atomic mass is 16.5. The van der Waals surface area contributed by atoms with Crippen molar-refractivity contribution in [2.75, 3.05) is 25.0 Å². The number of carbonyl (C=O) groups excluding carboxylic acids is 2. The molecule has 4 rings (SSSR count). The van der Waals surface area contributed by atoms with Crippen molar-refractivity contribution in [2.24, 2.45) is 5.92 Å². The third-order valence-corrected chi connectivity index (χ3v) is 5.99. The molecule has 1 saturated heterocycles. The van der Waals surface area contributed by atoms with Crippen LogP contribution in [0.2, 0.25) is 0 Å². The van der Waals surface area contributed by atoms with Crippen molar-refractivity contribution in [3.05, 3.63) is 59.7 Å². The zero-order valence-corrected chi connectivity index (χ0v) is 16.7. The molecule has 2 aromatic rings. The number of anilines is 1. The number of aryl methyl sites for hydroxylation is 2. The summed E-state index contributed by atoms with van der Waals surface area (Å²) in [5, 5.41) is 2.86. The zero-order chi connectivity index (χ0) is 20.1. The molecule has 1 fully saturated rings. The second-order valence-electron chi connectivity index (χ2n) is 8.00. The molecule has 0 aromatic heterocycles. The largest absolute Gasteiger partial charge is 0.484 e. The summed E-state index contributed by atoms with van der Waals surface area (Å²) in [7, 11) is 0. The van der Waals surface area contributed by atoms with E-state index in [0.717, 1.165) is 43.6 Å². The average Bonchev–Trinajstić information content (AvgIpc) is 2.77. The summed E-state index contributed by atoms with van der Waals surface area (Å²) in [5.74, 6) is 1.48. The maximum atomic E-state index is 12.5. The Kier molecular flexibility index (Phi) is 6.13. The van der Waals surface area contributed by atoms with Crippen LogP contribution in [0, 0.1) is 5.92 Å². The lowest BCUT2D eigenvalue weighted by Gasteiger charge is -2.32. The van der Waals surface area contributed by atoms with Crippen molar-refractivity contribution in [1.29, 1.82) is 0 Å². The van der Waals surface area contributed by atoms with Gasteiger partial charge in [0.15, 0.2) is 6.61 Å². The monoisotopic (exact) mass is 392 g/mol. The molecule has 2 amide bonds. The van der Waals surface area contributed by atoms with E-state index in [2.05, 4.69) is 35.6 Å². The molecule has 0 saturated carbocycles. The summed E-state index contributed by atoms with van der Waals surface area (Å²) >= 11 is 0. The van der Waals surface area contributed by atoms with Crippen molar-refractivity contribution in [3.63, 3.8) is 0 Å². The number of carbonyl (C=O) groups is 2. The molecule has 29 heavy (non-hydrogen) atoms. The fraction of sp³-hybridized carbons (Fsp3) is 0.417. The van der Waals surface area contributed by atoms with Crippen molar-refractivity contribution in [1.82, 2.24) is 4.90 Å². The maximum Gasteiger partial charge on any atom is 0.260 e. The predicted octanol–water partition coefficient (Wildman–Crippen LogP) is 3.82. The van der Waals surface area contributed by atoms with Crippen LogP contribution in [0.1, 0.15) is 36.8 Å². The number of benzene rings is 2. The first-order valence-corrected chi connectivity index (χ1v) is 10.5. The Hall–Kier alpha value is -2.82. The summed E-state index contributed by atoms with van der Waals surface area (Å²) < 4.78 is 5.74. The number of fused-ring (bicyclic) bond motifs is 1. The van der Waals surface area contributed by atoms with Gasteiger partial charge in [0.1, 0.15) is 5.75 Å². The van der Waals surface area contributed by atoms with E-state index in [4.69, 9.17) is 4.74 Å². The first kappa shape index (κ1) is 19.5. The van der Waals surface area contributed by atoms with Crippen molar-refractivity contribution in [2.45, 2.75) is 38.5 Å². The molecule has 2 aliphatic heterocycles. The van der Waals surface area contributed by atoms with Crippen LogP contribution >= 0.6 is 0 Å². The van der Waals surface area contributed by atoms with Crippen LogP contribution in [0.5, 0.6) is 5.75 Å². The lowest BCUT2D eigenvalue weighted by molar-refractivity contribution is -0.134. The summed E-state index contributed by atoms with van der Waals surface area (Å²) in [4.78, 5) is 25.9. The topological polar surface area (TPSA) is 58.6 Å².